The van der Waals surface area contributed by atoms with E-state index in [1.807, 2.05) is 4.98 Å². The Labute approximate surface area is 105 Å². The quantitative estimate of drug-likeness (QED) is 0.528. The second-order valence-electron chi connectivity index (χ2n) is 3.69. The van der Waals surface area contributed by atoms with E-state index in [2.05, 4.69) is 4.98 Å². The van der Waals surface area contributed by atoms with Crippen LogP contribution in [0.1, 0.15) is 16.2 Å². The zero-order valence-corrected chi connectivity index (χ0v) is 9.36. The molecule has 0 amide bonds. The van der Waals surface area contributed by atoms with Crippen LogP contribution in [0.3, 0.4) is 0 Å². The SMILES string of the molecule is O=CC(=O)c1ccc(-c2c[nH]c(C(F)(F)F)n2)cc1. The van der Waals surface area contributed by atoms with Gasteiger partial charge < -0.3 is 4.98 Å². The number of hydrogen-bond donors (Lipinski definition) is 1. The van der Waals surface area contributed by atoms with Crippen molar-refractivity contribution in [1.29, 1.82) is 0 Å². The molecule has 0 fully saturated rings. The lowest BCUT2D eigenvalue weighted by atomic mass is 10.1. The summed E-state index contributed by atoms with van der Waals surface area (Å²) in [5.74, 6) is -1.78. The van der Waals surface area contributed by atoms with Crippen molar-refractivity contribution >= 4 is 12.1 Å². The van der Waals surface area contributed by atoms with E-state index in [0.29, 0.717) is 5.56 Å². The number of halogens is 3. The minimum atomic E-state index is -4.54. The highest BCUT2D eigenvalue weighted by Gasteiger charge is 2.34. The first-order chi connectivity index (χ1) is 8.91. The van der Waals surface area contributed by atoms with Crippen LogP contribution in [0.2, 0.25) is 0 Å². The molecule has 0 aliphatic carbocycles. The summed E-state index contributed by atoms with van der Waals surface area (Å²) in [6.45, 7) is 0. The third kappa shape index (κ3) is 2.70. The summed E-state index contributed by atoms with van der Waals surface area (Å²) in [4.78, 5) is 26.8. The minimum Gasteiger partial charge on any atom is -0.340 e. The first-order valence-corrected chi connectivity index (χ1v) is 5.14. The maximum atomic E-state index is 12.4. The molecular formula is C12H7F3N2O2. The van der Waals surface area contributed by atoms with E-state index in [0.717, 1.165) is 6.20 Å². The van der Waals surface area contributed by atoms with Gasteiger partial charge in [0.1, 0.15) is 0 Å². The Morgan fingerprint density at radius 1 is 1.21 bits per heavy atom. The average Bonchev–Trinajstić information content (AvgIpc) is 2.87. The van der Waals surface area contributed by atoms with E-state index in [-0.39, 0.29) is 17.5 Å². The Hall–Kier alpha value is -2.44. The van der Waals surface area contributed by atoms with Crippen LogP contribution >= 0.6 is 0 Å². The summed E-state index contributed by atoms with van der Waals surface area (Å²) in [6.07, 6.45) is -3.24. The number of benzene rings is 1. The molecule has 0 atom stereocenters. The van der Waals surface area contributed by atoms with Crippen molar-refractivity contribution in [2.45, 2.75) is 6.18 Å². The Kier molecular flexibility index (Phi) is 3.20. The molecule has 0 aliphatic rings. The summed E-state index contributed by atoms with van der Waals surface area (Å²) < 4.78 is 37.1. The average molecular weight is 268 g/mol. The van der Waals surface area contributed by atoms with Gasteiger partial charge >= 0.3 is 6.18 Å². The number of aromatic nitrogens is 2. The largest absolute Gasteiger partial charge is 0.449 e. The van der Waals surface area contributed by atoms with Gasteiger partial charge in [0.05, 0.1) is 5.69 Å². The van der Waals surface area contributed by atoms with Crippen LogP contribution in [-0.2, 0) is 11.0 Å². The van der Waals surface area contributed by atoms with Crippen molar-refractivity contribution < 1.29 is 22.8 Å². The Morgan fingerprint density at radius 3 is 2.32 bits per heavy atom. The molecule has 0 unspecified atom stereocenters. The highest BCUT2D eigenvalue weighted by molar-refractivity contribution is 6.33. The molecule has 19 heavy (non-hydrogen) atoms. The summed E-state index contributed by atoms with van der Waals surface area (Å²) in [7, 11) is 0. The number of alkyl halides is 3. The second kappa shape index (κ2) is 4.68. The molecule has 1 N–H and O–H groups in total. The number of hydrogen-bond acceptors (Lipinski definition) is 3. The summed E-state index contributed by atoms with van der Waals surface area (Å²) >= 11 is 0. The molecule has 7 heteroatoms. The zero-order valence-electron chi connectivity index (χ0n) is 9.36. The van der Waals surface area contributed by atoms with E-state index in [1.54, 1.807) is 0 Å². The maximum absolute atomic E-state index is 12.4. The fraction of sp³-hybridized carbons (Fsp3) is 0.0833. The molecule has 4 nitrogen and oxygen atoms in total. The molecule has 98 valence electrons. The Morgan fingerprint density at radius 2 is 1.84 bits per heavy atom. The van der Waals surface area contributed by atoms with E-state index < -0.39 is 17.8 Å². The molecule has 2 rings (SSSR count). The van der Waals surface area contributed by atoms with Gasteiger partial charge in [-0.1, -0.05) is 24.3 Å². The number of carbonyl (C=O) groups excluding carboxylic acids is 2. The normalized spacial score (nSPS) is 11.3. The lowest BCUT2D eigenvalue weighted by molar-refractivity contribution is -0.144. The van der Waals surface area contributed by atoms with Gasteiger partial charge in [0.15, 0.2) is 6.29 Å². The highest BCUT2D eigenvalue weighted by atomic mass is 19.4. The number of carbonyl (C=O) groups is 2. The number of imidazole rings is 1. The van der Waals surface area contributed by atoms with Crippen molar-refractivity contribution in [3.63, 3.8) is 0 Å². The smallest absolute Gasteiger partial charge is 0.340 e. The fourth-order valence-electron chi connectivity index (χ4n) is 1.49. The monoisotopic (exact) mass is 268 g/mol. The molecule has 0 spiro atoms. The predicted molar refractivity (Wildman–Crippen MR) is 59.4 cm³/mol. The van der Waals surface area contributed by atoms with Gasteiger partial charge in [0, 0.05) is 17.3 Å². The van der Waals surface area contributed by atoms with Crippen molar-refractivity contribution in [3.8, 4) is 11.3 Å². The van der Waals surface area contributed by atoms with Gasteiger partial charge in [-0.15, -0.1) is 0 Å². The zero-order chi connectivity index (χ0) is 14.0. The first kappa shape index (κ1) is 13.0. The lowest BCUT2D eigenvalue weighted by Gasteiger charge is -2.00. The Bertz CT molecular complexity index is 615. The number of aldehydes is 1. The van der Waals surface area contributed by atoms with Gasteiger partial charge in [-0.25, -0.2) is 4.98 Å². The summed E-state index contributed by atoms with van der Waals surface area (Å²) in [5.41, 5.74) is 0.692. The van der Waals surface area contributed by atoms with Gasteiger partial charge in [-0.05, 0) is 0 Å². The van der Waals surface area contributed by atoms with Crippen LogP contribution in [0.5, 0.6) is 0 Å². The molecule has 1 aromatic heterocycles. The van der Waals surface area contributed by atoms with E-state index in [4.69, 9.17) is 0 Å². The highest BCUT2D eigenvalue weighted by Crippen LogP contribution is 2.28. The van der Waals surface area contributed by atoms with E-state index in [1.165, 1.54) is 24.3 Å². The van der Waals surface area contributed by atoms with Crippen molar-refractivity contribution in [3.05, 3.63) is 41.9 Å². The second-order valence-corrected chi connectivity index (χ2v) is 3.69. The number of H-pyrrole nitrogens is 1. The van der Waals surface area contributed by atoms with Crippen molar-refractivity contribution in [2.75, 3.05) is 0 Å². The van der Waals surface area contributed by atoms with Crippen LogP contribution in [-0.4, -0.2) is 22.0 Å². The fourth-order valence-corrected chi connectivity index (χ4v) is 1.49. The molecule has 0 saturated carbocycles. The lowest BCUT2D eigenvalue weighted by Crippen LogP contribution is -2.07. The summed E-state index contributed by atoms with van der Waals surface area (Å²) in [5, 5.41) is 0. The molecule has 0 bridgehead atoms. The number of nitrogens with one attached hydrogen (secondary N) is 1. The van der Waals surface area contributed by atoms with Crippen LogP contribution in [0.15, 0.2) is 30.5 Å². The molecule has 0 saturated heterocycles. The molecule has 2 aromatic rings. The summed E-state index contributed by atoms with van der Waals surface area (Å²) in [6, 6.07) is 5.56. The van der Waals surface area contributed by atoms with Crippen LogP contribution < -0.4 is 0 Å². The molecule has 0 radical (unpaired) electrons. The van der Waals surface area contributed by atoms with Crippen LogP contribution in [0.25, 0.3) is 11.3 Å². The molecule has 1 aromatic carbocycles. The predicted octanol–water partition coefficient (Wildman–Crippen LogP) is 2.48. The van der Waals surface area contributed by atoms with Gasteiger partial charge in [0.2, 0.25) is 11.6 Å². The van der Waals surface area contributed by atoms with Crippen LogP contribution in [0.4, 0.5) is 13.2 Å². The molecule has 0 aliphatic heterocycles. The van der Waals surface area contributed by atoms with Gasteiger partial charge in [-0.3, -0.25) is 9.59 Å². The standard InChI is InChI=1S/C12H7F3N2O2/c13-12(14,15)11-16-5-9(17-11)7-1-3-8(4-2-7)10(19)6-18/h1-6H,(H,16,17). The number of nitrogens with zero attached hydrogens (tertiary/aromatic N) is 1. The third-order valence-electron chi connectivity index (χ3n) is 2.42. The third-order valence-corrected chi connectivity index (χ3v) is 2.42. The number of aromatic amines is 1. The maximum Gasteiger partial charge on any atom is 0.449 e. The van der Waals surface area contributed by atoms with E-state index in [9.17, 15) is 22.8 Å². The van der Waals surface area contributed by atoms with E-state index >= 15 is 0 Å². The minimum absolute atomic E-state index is 0.109. The van der Waals surface area contributed by atoms with Crippen molar-refractivity contribution in [2.24, 2.45) is 0 Å². The van der Waals surface area contributed by atoms with Gasteiger partial charge in [0.25, 0.3) is 0 Å². The Balaban J connectivity index is 2.30. The first-order valence-electron chi connectivity index (χ1n) is 5.14. The number of Topliss-reactive ketones (excluding diaryl/α,β-unsaturated/α-hetero) is 1. The topological polar surface area (TPSA) is 62.8 Å². The number of ketones is 1. The van der Waals surface area contributed by atoms with Crippen molar-refractivity contribution in [1.82, 2.24) is 9.97 Å². The number of rotatable bonds is 3. The molecular weight excluding hydrogens is 261 g/mol. The van der Waals surface area contributed by atoms with Crippen LogP contribution in [0, 0.1) is 0 Å². The molecule has 1 heterocycles. The van der Waals surface area contributed by atoms with Gasteiger partial charge in [-0.2, -0.15) is 13.2 Å².